The zero-order chi connectivity index (χ0) is 39.0. The van der Waals surface area contributed by atoms with Crippen LogP contribution in [0, 0.1) is 13.8 Å². The first kappa shape index (κ1) is 35.0. The molecule has 2 heteroatoms. The minimum atomic E-state index is 1.09. The molecule has 1 heterocycles. The summed E-state index contributed by atoms with van der Waals surface area (Å²) in [6.07, 6.45) is 0. The topological polar surface area (TPSA) is 8.17 Å². The van der Waals surface area contributed by atoms with Crippen LogP contribution < -0.4 is 4.90 Å². The average Bonchev–Trinajstić information content (AvgIpc) is 3.61. The third kappa shape index (κ3) is 6.45. The van der Waals surface area contributed by atoms with Crippen LogP contribution in [0.25, 0.3) is 72.0 Å². The van der Waals surface area contributed by atoms with E-state index >= 15 is 0 Å². The zero-order valence-corrected chi connectivity index (χ0v) is 32.7. The van der Waals surface area contributed by atoms with Crippen LogP contribution in [0.2, 0.25) is 0 Å². The Morgan fingerprint density at radius 3 is 1.43 bits per heavy atom. The van der Waals surface area contributed by atoms with Gasteiger partial charge in [-0.05, 0) is 101 Å². The van der Waals surface area contributed by atoms with Crippen molar-refractivity contribution in [2.24, 2.45) is 0 Å². The minimum absolute atomic E-state index is 1.09. The van der Waals surface area contributed by atoms with Gasteiger partial charge in [0.25, 0.3) is 0 Å². The molecule has 0 spiro atoms. The van der Waals surface area contributed by atoms with E-state index in [0.717, 1.165) is 28.3 Å². The number of hydrogen-bond donors (Lipinski definition) is 0. The first-order valence-corrected chi connectivity index (χ1v) is 20.0. The molecule has 0 unspecified atom stereocenters. The number of rotatable bonds is 8. The van der Waals surface area contributed by atoms with Crippen molar-refractivity contribution in [1.29, 1.82) is 0 Å². The summed E-state index contributed by atoms with van der Waals surface area (Å²) >= 11 is 0. The lowest BCUT2D eigenvalue weighted by Gasteiger charge is -2.26. The molecule has 58 heavy (non-hydrogen) atoms. The molecule has 1 aromatic heterocycles. The number of para-hydroxylation sites is 1. The monoisotopic (exact) mass is 742 g/mol. The van der Waals surface area contributed by atoms with Crippen LogP contribution in [0.5, 0.6) is 0 Å². The van der Waals surface area contributed by atoms with Gasteiger partial charge in [-0.1, -0.05) is 181 Å². The van der Waals surface area contributed by atoms with E-state index in [1.807, 2.05) is 0 Å². The molecule has 0 amide bonds. The lowest BCUT2D eigenvalue weighted by molar-refractivity contribution is 1.18. The molecule has 276 valence electrons. The SMILES string of the molecule is Cc1cccc(-c2cccc(-n3c4ccccc4c4ccc(N(c5ccc(-c6ccccc6)cc5)c5ccc(-c6ccccc6)cc5)cc43)c2-c2cccc(C)c2)c1. The molecular weight excluding hydrogens is 701 g/mol. The van der Waals surface area contributed by atoms with E-state index < -0.39 is 0 Å². The normalized spacial score (nSPS) is 11.3. The van der Waals surface area contributed by atoms with E-state index in [4.69, 9.17) is 0 Å². The van der Waals surface area contributed by atoms with Gasteiger partial charge >= 0.3 is 0 Å². The van der Waals surface area contributed by atoms with Gasteiger partial charge in [-0.15, -0.1) is 0 Å². The number of anilines is 3. The molecule has 0 saturated heterocycles. The Bertz CT molecular complexity index is 2970. The maximum atomic E-state index is 2.49. The Morgan fingerprint density at radius 2 is 0.810 bits per heavy atom. The zero-order valence-electron chi connectivity index (χ0n) is 32.7. The summed E-state index contributed by atoms with van der Waals surface area (Å²) in [7, 11) is 0. The van der Waals surface area contributed by atoms with Gasteiger partial charge in [0, 0.05) is 33.4 Å². The van der Waals surface area contributed by atoms with E-state index in [1.165, 1.54) is 71.9 Å². The van der Waals surface area contributed by atoms with Crippen LogP contribution in [-0.2, 0) is 0 Å². The Morgan fingerprint density at radius 1 is 0.328 bits per heavy atom. The molecule has 0 fully saturated rings. The summed E-state index contributed by atoms with van der Waals surface area (Å²) in [5, 5.41) is 2.44. The van der Waals surface area contributed by atoms with Gasteiger partial charge in [-0.2, -0.15) is 0 Å². The van der Waals surface area contributed by atoms with Gasteiger partial charge < -0.3 is 9.47 Å². The fraction of sp³-hybridized carbons (Fsp3) is 0.0357. The van der Waals surface area contributed by atoms with Gasteiger partial charge in [0.15, 0.2) is 0 Å². The van der Waals surface area contributed by atoms with Crippen molar-refractivity contribution in [3.8, 4) is 50.2 Å². The van der Waals surface area contributed by atoms with Crippen molar-refractivity contribution in [1.82, 2.24) is 4.57 Å². The van der Waals surface area contributed by atoms with E-state index in [1.54, 1.807) is 0 Å². The highest BCUT2D eigenvalue weighted by atomic mass is 15.1. The van der Waals surface area contributed by atoms with E-state index in [-0.39, 0.29) is 0 Å². The lowest BCUT2D eigenvalue weighted by atomic mass is 9.91. The second-order valence-corrected chi connectivity index (χ2v) is 15.2. The average molecular weight is 743 g/mol. The molecule has 0 atom stereocenters. The summed E-state index contributed by atoms with van der Waals surface area (Å²) in [6.45, 7) is 4.35. The standard InChI is InChI=1S/C56H42N2/c1-39-14-11-20-45(36-39)50-23-13-25-54(56(50)46-21-12-15-40(2)37-46)58-53-24-10-9-22-51(53)52-35-34-49(38-55(52)58)57(47-30-26-43(27-31-47)41-16-5-3-6-17-41)48-32-28-44(29-33-48)42-18-7-4-8-19-42/h3-38H,1-2H3. The summed E-state index contributed by atoms with van der Waals surface area (Å²) in [4.78, 5) is 2.38. The predicted molar refractivity (Wildman–Crippen MR) is 247 cm³/mol. The molecule has 0 bridgehead atoms. The van der Waals surface area contributed by atoms with Crippen LogP contribution in [0.3, 0.4) is 0 Å². The number of benzene rings is 9. The Balaban J connectivity index is 1.20. The highest BCUT2D eigenvalue weighted by Crippen LogP contribution is 2.44. The fourth-order valence-electron chi connectivity index (χ4n) is 8.56. The quantitative estimate of drug-likeness (QED) is 0.150. The third-order valence-electron chi connectivity index (χ3n) is 11.3. The maximum absolute atomic E-state index is 2.49. The van der Waals surface area contributed by atoms with Gasteiger partial charge in [0.2, 0.25) is 0 Å². The third-order valence-corrected chi connectivity index (χ3v) is 11.3. The van der Waals surface area contributed by atoms with Crippen molar-refractivity contribution < 1.29 is 0 Å². The summed E-state index contributed by atoms with van der Waals surface area (Å²) in [5.41, 5.74) is 18.9. The summed E-state index contributed by atoms with van der Waals surface area (Å²) in [5.74, 6) is 0. The maximum Gasteiger partial charge on any atom is 0.0562 e. The number of hydrogen-bond acceptors (Lipinski definition) is 1. The minimum Gasteiger partial charge on any atom is -0.310 e. The van der Waals surface area contributed by atoms with Crippen molar-refractivity contribution in [2.45, 2.75) is 13.8 Å². The van der Waals surface area contributed by atoms with Crippen molar-refractivity contribution in [3.63, 3.8) is 0 Å². The van der Waals surface area contributed by atoms with Crippen LogP contribution in [-0.4, -0.2) is 4.57 Å². The number of aromatic nitrogens is 1. The molecule has 0 aliphatic carbocycles. The second kappa shape index (κ2) is 14.9. The molecule has 0 aliphatic heterocycles. The number of aryl methyl sites for hydroxylation is 2. The van der Waals surface area contributed by atoms with E-state index in [9.17, 15) is 0 Å². The lowest BCUT2D eigenvalue weighted by Crippen LogP contribution is -2.10. The smallest absolute Gasteiger partial charge is 0.0562 e. The molecule has 9 aromatic carbocycles. The highest BCUT2D eigenvalue weighted by Gasteiger charge is 2.21. The van der Waals surface area contributed by atoms with Crippen LogP contribution >= 0.6 is 0 Å². The van der Waals surface area contributed by atoms with Gasteiger partial charge in [0.1, 0.15) is 0 Å². The Labute approximate surface area is 340 Å². The van der Waals surface area contributed by atoms with Gasteiger partial charge in [0.05, 0.1) is 16.7 Å². The van der Waals surface area contributed by atoms with Crippen molar-refractivity contribution in [2.75, 3.05) is 4.90 Å². The Hall–Kier alpha value is -7.42. The molecule has 2 nitrogen and oxygen atoms in total. The molecule has 0 N–H and O–H groups in total. The van der Waals surface area contributed by atoms with E-state index in [0.29, 0.717) is 0 Å². The fourth-order valence-corrected chi connectivity index (χ4v) is 8.56. The molecule has 0 saturated carbocycles. The van der Waals surface area contributed by atoms with Gasteiger partial charge in [-0.25, -0.2) is 0 Å². The number of nitrogens with zero attached hydrogens (tertiary/aromatic N) is 2. The summed E-state index contributed by atoms with van der Waals surface area (Å²) < 4.78 is 2.49. The van der Waals surface area contributed by atoms with Crippen LogP contribution in [0.15, 0.2) is 218 Å². The molecule has 0 radical (unpaired) electrons. The first-order valence-electron chi connectivity index (χ1n) is 20.0. The van der Waals surface area contributed by atoms with Crippen molar-refractivity contribution in [3.05, 3.63) is 230 Å². The van der Waals surface area contributed by atoms with Crippen LogP contribution in [0.4, 0.5) is 17.1 Å². The largest absolute Gasteiger partial charge is 0.310 e. The predicted octanol–water partition coefficient (Wildman–Crippen LogP) is 15.5. The first-order chi connectivity index (χ1) is 28.6. The highest BCUT2D eigenvalue weighted by molar-refractivity contribution is 6.11. The van der Waals surface area contributed by atoms with Crippen LogP contribution in [0.1, 0.15) is 11.1 Å². The molecule has 10 rings (SSSR count). The van der Waals surface area contributed by atoms with Gasteiger partial charge in [-0.3, -0.25) is 0 Å². The molecule has 10 aromatic rings. The van der Waals surface area contributed by atoms with Crippen molar-refractivity contribution >= 4 is 38.9 Å². The number of fused-ring (bicyclic) bond motifs is 3. The molecular formula is C56H42N2. The van der Waals surface area contributed by atoms with E-state index in [2.05, 4.69) is 242 Å². The second-order valence-electron chi connectivity index (χ2n) is 15.2. The summed E-state index contributed by atoms with van der Waals surface area (Å²) in [6, 6.07) is 79.5. The molecule has 0 aliphatic rings. The Kier molecular flexibility index (Phi) is 9.01.